The molecule has 5 nitrogen and oxygen atoms in total. The molecule has 2 aromatic heterocycles. The van der Waals surface area contributed by atoms with Crippen molar-refractivity contribution in [3.8, 4) is 11.5 Å². The average molecular weight is 271 g/mol. The van der Waals surface area contributed by atoms with Crippen molar-refractivity contribution in [2.75, 3.05) is 0 Å². The molecular weight excluding hydrogens is 254 g/mol. The van der Waals surface area contributed by atoms with E-state index in [2.05, 4.69) is 15.1 Å². The Morgan fingerprint density at radius 1 is 1.30 bits per heavy atom. The van der Waals surface area contributed by atoms with Crippen LogP contribution in [0.25, 0.3) is 11.5 Å². The van der Waals surface area contributed by atoms with Crippen molar-refractivity contribution in [2.45, 2.75) is 45.4 Å². The summed E-state index contributed by atoms with van der Waals surface area (Å²) in [4.78, 5) is 20.6. The van der Waals surface area contributed by atoms with Crippen LogP contribution in [0.15, 0.2) is 16.8 Å². The molecule has 0 amide bonds. The third-order valence-corrected chi connectivity index (χ3v) is 3.72. The molecule has 1 unspecified atom stereocenters. The molecule has 0 aliphatic heterocycles. The van der Waals surface area contributed by atoms with Gasteiger partial charge in [0, 0.05) is 12.6 Å². The molecule has 3 rings (SSSR count). The van der Waals surface area contributed by atoms with Gasteiger partial charge in [-0.1, -0.05) is 17.6 Å². The fourth-order valence-corrected chi connectivity index (χ4v) is 2.67. The normalized spacial score (nSPS) is 19.3. The zero-order valence-corrected chi connectivity index (χ0v) is 11.7. The molecule has 104 valence electrons. The minimum Gasteiger partial charge on any atom is -0.338 e. The van der Waals surface area contributed by atoms with Gasteiger partial charge >= 0.3 is 0 Å². The second-order valence-corrected chi connectivity index (χ2v) is 5.40. The van der Waals surface area contributed by atoms with E-state index < -0.39 is 0 Å². The Hall–Kier alpha value is -2.04. The molecule has 20 heavy (non-hydrogen) atoms. The second kappa shape index (κ2) is 5.15. The molecule has 2 heterocycles. The fourth-order valence-electron chi connectivity index (χ4n) is 2.67. The monoisotopic (exact) mass is 271 g/mol. The van der Waals surface area contributed by atoms with E-state index in [1.54, 1.807) is 6.20 Å². The van der Waals surface area contributed by atoms with Crippen molar-refractivity contribution >= 4 is 5.78 Å². The zero-order chi connectivity index (χ0) is 14.1. The lowest BCUT2D eigenvalue weighted by Gasteiger charge is -2.16. The number of pyridine rings is 1. The smallest absolute Gasteiger partial charge is 0.237 e. The highest BCUT2D eigenvalue weighted by Gasteiger charge is 2.29. The van der Waals surface area contributed by atoms with Crippen molar-refractivity contribution in [2.24, 2.45) is 0 Å². The molecule has 0 spiro atoms. The van der Waals surface area contributed by atoms with E-state index in [0.29, 0.717) is 23.8 Å². The third-order valence-electron chi connectivity index (χ3n) is 3.72. The average Bonchev–Trinajstić information content (AvgIpc) is 2.88. The molecule has 0 bridgehead atoms. The Balaban J connectivity index is 1.91. The summed E-state index contributed by atoms with van der Waals surface area (Å²) in [7, 11) is 0. The van der Waals surface area contributed by atoms with Gasteiger partial charge in [-0.25, -0.2) is 0 Å². The lowest BCUT2D eigenvalue weighted by molar-refractivity contribution is -0.122. The Labute approximate surface area is 117 Å². The number of ketones is 1. The lowest BCUT2D eigenvalue weighted by atomic mass is 9.88. The van der Waals surface area contributed by atoms with E-state index in [1.165, 1.54) is 0 Å². The van der Waals surface area contributed by atoms with Crippen LogP contribution in [0.4, 0.5) is 0 Å². The summed E-state index contributed by atoms with van der Waals surface area (Å²) in [5, 5.41) is 3.99. The number of Topliss-reactive ketones (excluding diaryl/α,β-unsaturated/α-hetero) is 1. The van der Waals surface area contributed by atoms with Gasteiger partial charge in [0.1, 0.15) is 11.5 Å². The molecule has 1 atom stereocenters. The predicted octanol–water partition coefficient (Wildman–Crippen LogP) is 2.98. The SMILES string of the molecule is Cc1cnc(-c2noc(C3CCCCC3=O)n2)c(C)c1. The summed E-state index contributed by atoms with van der Waals surface area (Å²) in [6, 6.07) is 2.03. The maximum Gasteiger partial charge on any atom is 0.237 e. The largest absolute Gasteiger partial charge is 0.338 e. The minimum absolute atomic E-state index is 0.208. The van der Waals surface area contributed by atoms with Crippen molar-refractivity contribution in [1.82, 2.24) is 15.1 Å². The van der Waals surface area contributed by atoms with Crippen LogP contribution in [0, 0.1) is 13.8 Å². The molecule has 0 radical (unpaired) electrons. The Morgan fingerprint density at radius 3 is 2.90 bits per heavy atom. The van der Waals surface area contributed by atoms with Crippen LogP contribution < -0.4 is 0 Å². The molecule has 1 fully saturated rings. The summed E-state index contributed by atoms with van der Waals surface area (Å²) in [6.07, 6.45) is 5.21. The van der Waals surface area contributed by atoms with Gasteiger partial charge in [0.2, 0.25) is 11.7 Å². The Morgan fingerprint density at radius 2 is 2.15 bits per heavy atom. The van der Waals surface area contributed by atoms with Gasteiger partial charge in [-0.05, 0) is 37.8 Å². The number of aryl methyl sites for hydroxylation is 2. The number of hydrogen-bond donors (Lipinski definition) is 0. The van der Waals surface area contributed by atoms with Gasteiger partial charge in [-0.2, -0.15) is 4.98 Å². The first kappa shape index (κ1) is 13.0. The van der Waals surface area contributed by atoms with E-state index in [0.717, 1.165) is 30.4 Å². The maximum atomic E-state index is 11.9. The Bertz CT molecular complexity index is 648. The zero-order valence-electron chi connectivity index (χ0n) is 11.7. The van der Waals surface area contributed by atoms with Gasteiger partial charge < -0.3 is 4.52 Å². The number of aromatic nitrogens is 3. The van der Waals surface area contributed by atoms with Crippen LogP contribution in [0.5, 0.6) is 0 Å². The molecular formula is C15H17N3O2. The number of carbonyl (C=O) groups excluding carboxylic acids is 1. The topological polar surface area (TPSA) is 68.9 Å². The number of nitrogens with zero attached hydrogens (tertiary/aromatic N) is 3. The predicted molar refractivity (Wildman–Crippen MR) is 73.2 cm³/mol. The van der Waals surface area contributed by atoms with Crippen LogP contribution in [-0.2, 0) is 4.79 Å². The van der Waals surface area contributed by atoms with Gasteiger partial charge in [-0.15, -0.1) is 0 Å². The second-order valence-electron chi connectivity index (χ2n) is 5.40. The molecule has 2 aromatic rings. The highest BCUT2D eigenvalue weighted by Crippen LogP contribution is 2.30. The van der Waals surface area contributed by atoms with Crippen molar-refractivity contribution in [1.29, 1.82) is 0 Å². The summed E-state index contributed by atoms with van der Waals surface area (Å²) in [5.41, 5.74) is 2.82. The lowest BCUT2D eigenvalue weighted by Crippen LogP contribution is -2.17. The molecule has 5 heteroatoms. The number of rotatable bonds is 2. The quantitative estimate of drug-likeness (QED) is 0.839. The van der Waals surface area contributed by atoms with Gasteiger partial charge in [-0.3, -0.25) is 9.78 Å². The van der Waals surface area contributed by atoms with E-state index in [1.807, 2.05) is 19.9 Å². The summed E-state index contributed by atoms with van der Waals surface area (Å²) in [6.45, 7) is 3.96. The van der Waals surface area contributed by atoms with Crippen molar-refractivity contribution < 1.29 is 9.32 Å². The molecule has 0 saturated heterocycles. The summed E-state index contributed by atoms with van der Waals surface area (Å²) in [5.74, 6) is 0.887. The first-order valence-electron chi connectivity index (χ1n) is 6.95. The Kier molecular flexibility index (Phi) is 3.34. The minimum atomic E-state index is -0.226. The van der Waals surface area contributed by atoms with Gasteiger partial charge in [0.05, 0.1) is 5.92 Å². The molecule has 0 N–H and O–H groups in total. The summed E-state index contributed by atoms with van der Waals surface area (Å²) >= 11 is 0. The van der Waals surface area contributed by atoms with E-state index in [9.17, 15) is 4.79 Å². The standard InChI is InChI=1S/C15H17N3O2/c1-9-7-10(2)13(16-8-9)14-17-15(20-18-14)11-5-3-4-6-12(11)19/h7-8,11H,3-6H2,1-2H3. The van der Waals surface area contributed by atoms with Crippen LogP contribution >= 0.6 is 0 Å². The first-order chi connectivity index (χ1) is 9.65. The third kappa shape index (κ3) is 2.35. The molecule has 0 aromatic carbocycles. The van der Waals surface area contributed by atoms with Crippen LogP contribution in [0.3, 0.4) is 0 Å². The van der Waals surface area contributed by atoms with Gasteiger partial charge in [0.25, 0.3) is 0 Å². The number of hydrogen-bond acceptors (Lipinski definition) is 5. The molecule has 1 saturated carbocycles. The number of carbonyl (C=O) groups is 1. The van der Waals surface area contributed by atoms with Crippen LogP contribution in [-0.4, -0.2) is 20.9 Å². The van der Waals surface area contributed by atoms with Crippen LogP contribution in [0.2, 0.25) is 0 Å². The van der Waals surface area contributed by atoms with Gasteiger partial charge in [0.15, 0.2) is 0 Å². The van der Waals surface area contributed by atoms with Crippen molar-refractivity contribution in [3.05, 3.63) is 29.3 Å². The van der Waals surface area contributed by atoms with E-state index in [-0.39, 0.29) is 11.7 Å². The molecule has 1 aliphatic carbocycles. The maximum absolute atomic E-state index is 11.9. The fraction of sp³-hybridized carbons (Fsp3) is 0.467. The molecule has 1 aliphatic rings. The summed E-state index contributed by atoms with van der Waals surface area (Å²) < 4.78 is 5.29. The highest BCUT2D eigenvalue weighted by molar-refractivity contribution is 5.85. The van der Waals surface area contributed by atoms with Crippen LogP contribution in [0.1, 0.15) is 48.6 Å². The highest BCUT2D eigenvalue weighted by atomic mass is 16.5. The van der Waals surface area contributed by atoms with E-state index >= 15 is 0 Å². The van der Waals surface area contributed by atoms with E-state index in [4.69, 9.17) is 4.52 Å². The van der Waals surface area contributed by atoms with Crippen molar-refractivity contribution in [3.63, 3.8) is 0 Å². The first-order valence-corrected chi connectivity index (χ1v) is 6.95.